The summed E-state index contributed by atoms with van der Waals surface area (Å²) in [7, 11) is 1.61. The fourth-order valence-corrected chi connectivity index (χ4v) is 2.17. The van der Waals surface area contributed by atoms with Crippen molar-refractivity contribution in [2.24, 2.45) is 0 Å². The summed E-state index contributed by atoms with van der Waals surface area (Å²) >= 11 is 0. The van der Waals surface area contributed by atoms with E-state index in [9.17, 15) is 9.90 Å². The first-order valence-corrected chi connectivity index (χ1v) is 8.54. The summed E-state index contributed by atoms with van der Waals surface area (Å²) in [6.07, 6.45) is 7.00. The lowest BCUT2D eigenvalue weighted by atomic mass is 10.0. The number of hydrogen-bond donors (Lipinski definition) is 1. The van der Waals surface area contributed by atoms with E-state index >= 15 is 0 Å². The summed E-state index contributed by atoms with van der Waals surface area (Å²) in [6.45, 7) is 7.04. The molecule has 4 heteroatoms. The van der Waals surface area contributed by atoms with Gasteiger partial charge in [0.25, 0.3) is 0 Å². The Morgan fingerprint density at radius 2 is 1.96 bits per heavy atom. The molecule has 0 spiro atoms. The number of methoxy groups -OCH3 is 1. The third kappa shape index (κ3) is 11.8. The average molecular weight is 334 g/mol. The maximum Gasteiger partial charge on any atom is 0.304 e. The van der Waals surface area contributed by atoms with Crippen molar-refractivity contribution in [2.75, 3.05) is 7.11 Å². The Morgan fingerprint density at radius 1 is 1.25 bits per heavy atom. The highest BCUT2D eigenvalue weighted by molar-refractivity contribution is 5.66. The molecule has 4 nitrogen and oxygen atoms in total. The molecule has 0 amide bonds. The Kier molecular flexibility index (Phi) is 13.7. The number of ether oxygens (including phenoxy) is 2. The molecular formula is C20H30O4. The Morgan fingerprint density at radius 3 is 2.54 bits per heavy atom. The van der Waals surface area contributed by atoms with Crippen molar-refractivity contribution in [3.8, 4) is 23.7 Å². The number of aliphatic hydroxyl groups excluding tert-OH is 1. The van der Waals surface area contributed by atoms with Gasteiger partial charge >= 0.3 is 5.97 Å². The van der Waals surface area contributed by atoms with Gasteiger partial charge in [-0.25, -0.2) is 0 Å². The molecule has 0 aromatic carbocycles. The van der Waals surface area contributed by atoms with Crippen molar-refractivity contribution < 1.29 is 19.4 Å². The van der Waals surface area contributed by atoms with Gasteiger partial charge in [-0.1, -0.05) is 51.5 Å². The van der Waals surface area contributed by atoms with Gasteiger partial charge in [0.2, 0.25) is 0 Å². The lowest BCUT2D eigenvalue weighted by Crippen LogP contribution is -2.27. The van der Waals surface area contributed by atoms with E-state index in [4.69, 9.17) is 9.47 Å². The molecule has 0 radical (unpaired) electrons. The van der Waals surface area contributed by atoms with E-state index in [1.165, 1.54) is 32.3 Å². The first-order valence-electron chi connectivity index (χ1n) is 8.54. The van der Waals surface area contributed by atoms with E-state index in [1.54, 1.807) is 7.11 Å². The second kappa shape index (κ2) is 14.8. The predicted molar refractivity (Wildman–Crippen MR) is 96.1 cm³/mol. The van der Waals surface area contributed by atoms with Gasteiger partial charge in [0.1, 0.15) is 0 Å². The van der Waals surface area contributed by atoms with Crippen LogP contribution < -0.4 is 0 Å². The highest BCUT2D eigenvalue weighted by Crippen LogP contribution is 2.13. The Bertz CT molecular complexity index is 475. The van der Waals surface area contributed by atoms with Crippen molar-refractivity contribution in [1.82, 2.24) is 0 Å². The molecule has 0 rings (SSSR count). The van der Waals surface area contributed by atoms with Crippen LogP contribution in [-0.2, 0) is 14.3 Å². The molecule has 1 N–H and O–H groups in total. The Labute approximate surface area is 146 Å². The molecule has 24 heavy (non-hydrogen) atoms. The van der Waals surface area contributed by atoms with E-state index in [0.29, 0.717) is 6.42 Å². The SMILES string of the molecule is C=C[C@H](C#CC#CC[C@@H](O)[C@@H](CCCCCCC)OC)OC(C)=O. The molecule has 3 atom stereocenters. The van der Waals surface area contributed by atoms with Crippen molar-refractivity contribution >= 4 is 5.97 Å². The van der Waals surface area contributed by atoms with Crippen LogP contribution in [0.1, 0.15) is 58.8 Å². The number of hydrogen-bond acceptors (Lipinski definition) is 4. The summed E-state index contributed by atoms with van der Waals surface area (Å²) in [6, 6.07) is 0. The molecular weight excluding hydrogens is 304 g/mol. The minimum absolute atomic E-state index is 0.198. The number of unbranched alkanes of at least 4 members (excludes halogenated alkanes) is 4. The molecule has 0 aromatic rings. The van der Waals surface area contributed by atoms with Gasteiger partial charge in [-0.05, 0) is 30.3 Å². The summed E-state index contributed by atoms with van der Waals surface area (Å²) in [4.78, 5) is 10.8. The summed E-state index contributed by atoms with van der Waals surface area (Å²) in [5.74, 6) is 10.3. The van der Waals surface area contributed by atoms with E-state index in [-0.39, 0.29) is 6.10 Å². The van der Waals surface area contributed by atoms with Gasteiger partial charge in [-0.2, -0.15) is 0 Å². The van der Waals surface area contributed by atoms with Gasteiger partial charge in [-0.3, -0.25) is 4.79 Å². The number of rotatable bonds is 11. The molecule has 0 aliphatic heterocycles. The van der Waals surface area contributed by atoms with Crippen LogP contribution in [0.5, 0.6) is 0 Å². The molecule has 0 saturated carbocycles. The van der Waals surface area contributed by atoms with Crippen LogP contribution in [0.25, 0.3) is 0 Å². The highest BCUT2D eigenvalue weighted by Gasteiger charge is 2.16. The second-order valence-corrected chi connectivity index (χ2v) is 5.59. The fourth-order valence-electron chi connectivity index (χ4n) is 2.17. The molecule has 0 saturated heterocycles. The van der Waals surface area contributed by atoms with Gasteiger partial charge in [0.15, 0.2) is 6.10 Å². The largest absolute Gasteiger partial charge is 0.445 e. The third-order valence-corrected chi connectivity index (χ3v) is 3.51. The monoisotopic (exact) mass is 334 g/mol. The van der Waals surface area contributed by atoms with E-state index in [1.807, 2.05) is 0 Å². The zero-order valence-corrected chi connectivity index (χ0v) is 15.1. The van der Waals surface area contributed by atoms with Crippen LogP contribution in [0.3, 0.4) is 0 Å². The lowest BCUT2D eigenvalue weighted by molar-refractivity contribution is -0.142. The van der Waals surface area contributed by atoms with Crippen molar-refractivity contribution in [3.05, 3.63) is 12.7 Å². The fraction of sp³-hybridized carbons (Fsp3) is 0.650. The Balaban J connectivity index is 4.23. The standard InChI is InChI=1S/C20H30O4/c1-5-7-8-9-13-16-20(23-4)19(22)15-12-10-11-14-18(6-2)24-17(3)21/h6,18-20,22H,2,5,7-9,13,15-16H2,1,3-4H3/t18-,19-,20-/m1/s1. The number of esters is 1. The van der Waals surface area contributed by atoms with E-state index in [0.717, 1.165) is 19.3 Å². The van der Waals surface area contributed by atoms with Crippen LogP contribution in [-0.4, -0.2) is 36.5 Å². The van der Waals surface area contributed by atoms with Crippen LogP contribution in [0.15, 0.2) is 12.7 Å². The van der Waals surface area contributed by atoms with Crippen LogP contribution in [0, 0.1) is 23.7 Å². The maximum atomic E-state index is 10.8. The minimum atomic E-state index is -0.656. The molecule has 134 valence electrons. The van der Waals surface area contributed by atoms with Gasteiger partial charge in [-0.15, -0.1) is 0 Å². The highest BCUT2D eigenvalue weighted by atomic mass is 16.5. The first-order chi connectivity index (χ1) is 11.5. The first kappa shape index (κ1) is 22.2. The van der Waals surface area contributed by atoms with Crippen molar-refractivity contribution in [2.45, 2.75) is 77.1 Å². The second-order valence-electron chi connectivity index (χ2n) is 5.59. The normalized spacial score (nSPS) is 13.5. The van der Waals surface area contributed by atoms with Crippen molar-refractivity contribution in [1.29, 1.82) is 0 Å². The molecule has 0 unspecified atom stereocenters. The van der Waals surface area contributed by atoms with Crippen LogP contribution >= 0.6 is 0 Å². The number of carbonyl (C=O) groups excluding carboxylic acids is 1. The lowest BCUT2D eigenvalue weighted by Gasteiger charge is -2.19. The smallest absolute Gasteiger partial charge is 0.304 e. The summed E-state index contributed by atoms with van der Waals surface area (Å²) in [5.41, 5.74) is 0. The maximum absolute atomic E-state index is 10.8. The molecule has 0 aromatic heterocycles. The van der Waals surface area contributed by atoms with Crippen LogP contribution in [0.2, 0.25) is 0 Å². The minimum Gasteiger partial charge on any atom is -0.445 e. The van der Waals surface area contributed by atoms with Crippen LogP contribution in [0.4, 0.5) is 0 Å². The molecule has 0 heterocycles. The molecule has 0 aliphatic carbocycles. The molecule has 0 bridgehead atoms. The third-order valence-electron chi connectivity index (χ3n) is 3.51. The molecule has 0 fully saturated rings. The average Bonchev–Trinajstić information content (AvgIpc) is 2.56. The molecule has 0 aliphatic rings. The number of aliphatic hydroxyl groups is 1. The van der Waals surface area contributed by atoms with E-state index in [2.05, 4.69) is 37.2 Å². The van der Waals surface area contributed by atoms with Gasteiger partial charge in [0.05, 0.1) is 12.2 Å². The predicted octanol–water partition coefficient (Wildman–Crippen LogP) is 3.24. The topological polar surface area (TPSA) is 55.8 Å². The van der Waals surface area contributed by atoms with Gasteiger partial charge in [0, 0.05) is 20.5 Å². The number of carbonyl (C=O) groups is 1. The van der Waals surface area contributed by atoms with Crippen molar-refractivity contribution in [3.63, 3.8) is 0 Å². The quantitative estimate of drug-likeness (QED) is 0.273. The Hall–Kier alpha value is -1.75. The zero-order chi connectivity index (χ0) is 18.2. The van der Waals surface area contributed by atoms with Gasteiger partial charge < -0.3 is 14.6 Å². The summed E-state index contributed by atoms with van der Waals surface area (Å²) in [5, 5.41) is 10.1. The van der Waals surface area contributed by atoms with E-state index < -0.39 is 18.2 Å². The summed E-state index contributed by atoms with van der Waals surface area (Å²) < 4.78 is 10.2. The zero-order valence-electron chi connectivity index (χ0n) is 15.1.